The van der Waals surface area contributed by atoms with Gasteiger partial charge in [0.2, 0.25) is 0 Å². The highest BCUT2D eigenvalue weighted by Gasteiger charge is 2.25. The molecule has 0 aromatic heterocycles. The van der Waals surface area contributed by atoms with E-state index < -0.39 is 9.28 Å². The summed E-state index contributed by atoms with van der Waals surface area (Å²) in [5.41, 5.74) is 2.13. The number of hydrogen-bond donors (Lipinski definition) is 0. The summed E-state index contributed by atoms with van der Waals surface area (Å²) in [6.45, 7) is 7.96. The van der Waals surface area contributed by atoms with Crippen molar-refractivity contribution in [2.75, 3.05) is 13.2 Å². The molecular formula is C12H24O2Si. The zero-order chi connectivity index (χ0) is 11.1. The van der Waals surface area contributed by atoms with Crippen LogP contribution in [0.5, 0.6) is 0 Å². The van der Waals surface area contributed by atoms with E-state index in [-0.39, 0.29) is 0 Å². The largest absolute Gasteiger partial charge is 0.396 e. The normalized spacial score (nSPS) is 19.1. The molecule has 0 heterocycles. The highest BCUT2D eigenvalue weighted by molar-refractivity contribution is 6.47. The SMILES string of the molecule is CCO[SiH](OCC)C(C)C1=CCCCC1. The monoisotopic (exact) mass is 228 g/mol. The van der Waals surface area contributed by atoms with Crippen LogP contribution in [0.4, 0.5) is 0 Å². The average Bonchev–Trinajstić information content (AvgIpc) is 2.29. The van der Waals surface area contributed by atoms with Crippen LogP contribution in [0.2, 0.25) is 5.54 Å². The van der Waals surface area contributed by atoms with Crippen LogP contribution in [0.3, 0.4) is 0 Å². The molecule has 1 rings (SSSR count). The van der Waals surface area contributed by atoms with Crippen LogP contribution in [0, 0.1) is 0 Å². The Morgan fingerprint density at radius 1 is 1.27 bits per heavy atom. The standard InChI is InChI=1S/C12H24O2Si/c1-4-13-15(14-5-2)11(3)12-9-7-6-8-10-12/h9,11,15H,4-8,10H2,1-3H3. The molecule has 88 valence electrons. The zero-order valence-corrected chi connectivity index (χ0v) is 11.4. The van der Waals surface area contributed by atoms with E-state index in [4.69, 9.17) is 8.85 Å². The summed E-state index contributed by atoms with van der Waals surface area (Å²) in [5, 5.41) is 0. The molecule has 0 N–H and O–H groups in total. The van der Waals surface area contributed by atoms with Crippen molar-refractivity contribution in [2.45, 2.75) is 52.0 Å². The van der Waals surface area contributed by atoms with Gasteiger partial charge in [-0.2, -0.15) is 0 Å². The van der Waals surface area contributed by atoms with Crippen LogP contribution in [0.25, 0.3) is 0 Å². The van der Waals surface area contributed by atoms with E-state index in [0.29, 0.717) is 5.54 Å². The second kappa shape index (κ2) is 7.20. The molecule has 0 saturated heterocycles. The van der Waals surface area contributed by atoms with E-state index in [1.165, 1.54) is 25.7 Å². The quantitative estimate of drug-likeness (QED) is 0.513. The van der Waals surface area contributed by atoms with Crippen LogP contribution in [-0.2, 0) is 8.85 Å². The van der Waals surface area contributed by atoms with Gasteiger partial charge >= 0.3 is 9.28 Å². The van der Waals surface area contributed by atoms with Gasteiger partial charge in [0.05, 0.1) is 0 Å². The van der Waals surface area contributed by atoms with Gasteiger partial charge < -0.3 is 8.85 Å². The fourth-order valence-electron chi connectivity index (χ4n) is 2.12. The first-order valence-corrected chi connectivity index (χ1v) is 7.82. The highest BCUT2D eigenvalue weighted by atomic mass is 28.3. The first-order chi connectivity index (χ1) is 7.29. The number of rotatable bonds is 6. The highest BCUT2D eigenvalue weighted by Crippen LogP contribution is 2.30. The Morgan fingerprint density at radius 2 is 1.93 bits per heavy atom. The van der Waals surface area contributed by atoms with E-state index in [2.05, 4.69) is 26.8 Å². The molecule has 0 spiro atoms. The molecule has 15 heavy (non-hydrogen) atoms. The second-order valence-electron chi connectivity index (χ2n) is 4.09. The summed E-state index contributed by atoms with van der Waals surface area (Å²) in [6, 6.07) is 0. The minimum absolute atomic E-state index is 0.546. The van der Waals surface area contributed by atoms with Gasteiger partial charge in [-0.05, 0) is 39.5 Å². The number of allylic oxidation sites excluding steroid dienone is 2. The van der Waals surface area contributed by atoms with Crippen LogP contribution < -0.4 is 0 Å². The van der Waals surface area contributed by atoms with Crippen molar-refractivity contribution >= 4 is 9.28 Å². The predicted molar refractivity (Wildman–Crippen MR) is 66.4 cm³/mol. The first kappa shape index (κ1) is 12.9. The smallest absolute Gasteiger partial charge is 0.328 e. The minimum atomic E-state index is -1.47. The predicted octanol–water partition coefficient (Wildman–Crippen LogP) is 3.17. The third-order valence-corrected chi connectivity index (χ3v) is 5.55. The molecule has 1 aliphatic carbocycles. The maximum Gasteiger partial charge on any atom is 0.328 e. The Bertz CT molecular complexity index is 198. The van der Waals surface area contributed by atoms with E-state index in [1.807, 2.05) is 0 Å². The molecule has 1 unspecified atom stereocenters. The molecule has 0 saturated carbocycles. The summed E-state index contributed by atoms with van der Waals surface area (Å²) in [5.74, 6) is 0. The van der Waals surface area contributed by atoms with Gasteiger partial charge in [-0.15, -0.1) is 0 Å². The van der Waals surface area contributed by atoms with Crippen LogP contribution in [0.15, 0.2) is 11.6 Å². The molecule has 2 nitrogen and oxygen atoms in total. The van der Waals surface area contributed by atoms with Gasteiger partial charge in [-0.3, -0.25) is 0 Å². The molecule has 1 atom stereocenters. The third kappa shape index (κ3) is 4.09. The van der Waals surface area contributed by atoms with Gasteiger partial charge in [0, 0.05) is 18.8 Å². The Labute approximate surface area is 95.5 Å². The molecule has 0 radical (unpaired) electrons. The summed E-state index contributed by atoms with van der Waals surface area (Å²) >= 11 is 0. The van der Waals surface area contributed by atoms with E-state index in [0.717, 1.165) is 13.2 Å². The van der Waals surface area contributed by atoms with Crippen LogP contribution in [0.1, 0.15) is 46.5 Å². The third-order valence-electron chi connectivity index (χ3n) is 2.98. The minimum Gasteiger partial charge on any atom is -0.396 e. The van der Waals surface area contributed by atoms with Gasteiger partial charge in [0.15, 0.2) is 0 Å². The lowest BCUT2D eigenvalue weighted by atomic mass is 9.98. The van der Waals surface area contributed by atoms with Gasteiger partial charge in [0.1, 0.15) is 0 Å². The van der Waals surface area contributed by atoms with Crippen LogP contribution >= 0.6 is 0 Å². The Kier molecular flexibility index (Phi) is 6.21. The lowest BCUT2D eigenvalue weighted by Gasteiger charge is -2.25. The van der Waals surface area contributed by atoms with E-state index >= 15 is 0 Å². The Hall–Kier alpha value is -0.123. The molecule has 0 amide bonds. The molecule has 0 fully saturated rings. The lowest BCUT2D eigenvalue weighted by molar-refractivity contribution is 0.208. The lowest BCUT2D eigenvalue weighted by Crippen LogP contribution is -2.29. The van der Waals surface area contributed by atoms with Gasteiger partial charge in [0.25, 0.3) is 0 Å². The van der Waals surface area contributed by atoms with Crippen molar-refractivity contribution in [3.05, 3.63) is 11.6 Å². The molecule has 3 heteroatoms. The Balaban J connectivity index is 2.52. The fraction of sp³-hybridized carbons (Fsp3) is 0.833. The van der Waals surface area contributed by atoms with Gasteiger partial charge in [-0.1, -0.05) is 18.6 Å². The van der Waals surface area contributed by atoms with E-state index in [1.54, 1.807) is 5.57 Å². The molecule has 0 bridgehead atoms. The molecule has 0 aromatic rings. The summed E-state index contributed by atoms with van der Waals surface area (Å²) in [4.78, 5) is 0. The van der Waals surface area contributed by atoms with Crippen molar-refractivity contribution < 1.29 is 8.85 Å². The van der Waals surface area contributed by atoms with Crippen molar-refractivity contribution in [1.29, 1.82) is 0 Å². The maximum atomic E-state index is 5.77. The number of hydrogen-bond acceptors (Lipinski definition) is 2. The fourth-order valence-corrected chi connectivity index (χ4v) is 4.10. The Morgan fingerprint density at radius 3 is 2.40 bits per heavy atom. The molecule has 1 aliphatic rings. The molecule has 0 aliphatic heterocycles. The average molecular weight is 228 g/mol. The zero-order valence-electron chi connectivity index (χ0n) is 10.3. The van der Waals surface area contributed by atoms with E-state index in [9.17, 15) is 0 Å². The maximum absolute atomic E-state index is 5.77. The van der Waals surface area contributed by atoms with Gasteiger partial charge in [-0.25, -0.2) is 0 Å². The van der Waals surface area contributed by atoms with Crippen molar-refractivity contribution in [3.63, 3.8) is 0 Å². The summed E-state index contributed by atoms with van der Waals surface area (Å²) < 4.78 is 11.5. The van der Waals surface area contributed by atoms with Crippen molar-refractivity contribution in [1.82, 2.24) is 0 Å². The molecule has 0 aromatic carbocycles. The van der Waals surface area contributed by atoms with Crippen LogP contribution in [-0.4, -0.2) is 22.5 Å². The first-order valence-electron chi connectivity index (χ1n) is 6.21. The topological polar surface area (TPSA) is 18.5 Å². The second-order valence-corrected chi connectivity index (χ2v) is 6.50. The van der Waals surface area contributed by atoms with Crippen molar-refractivity contribution in [3.8, 4) is 0 Å². The molecular weight excluding hydrogens is 204 g/mol. The van der Waals surface area contributed by atoms with Crippen molar-refractivity contribution in [2.24, 2.45) is 0 Å². The summed E-state index contributed by atoms with van der Waals surface area (Å²) in [6.07, 6.45) is 7.61. The summed E-state index contributed by atoms with van der Waals surface area (Å²) in [7, 11) is -1.47.